The van der Waals surface area contributed by atoms with E-state index < -0.39 is 10.0 Å². The van der Waals surface area contributed by atoms with Crippen molar-refractivity contribution < 1.29 is 8.42 Å². The Morgan fingerprint density at radius 3 is 2.50 bits per heavy atom. The minimum Gasteiger partial charge on any atom is -0.375 e. The molecule has 1 aromatic heterocycles. The predicted molar refractivity (Wildman–Crippen MR) is 98.5 cm³/mol. The second-order valence-corrected chi connectivity index (χ2v) is 7.20. The Morgan fingerprint density at radius 2 is 1.79 bits per heavy atom. The molecule has 0 saturated heterocycles. The van der Waals surface area contributed by atoms with E-state index in [-0.39, 0.29) is 10.0 Å². The fourth-order valence-electron chi connectivity index (χ4n) is 2.35. The monoisotopic (exact) mass is 358 g/mol. The average Bonchev–Trinajstić information content (AvgIpc) is 2.95. The van der Waals surface area contributed by atoms with Gasteiger partial charge in [0.2, 0.25) is 0 Å². The number of nitrogens with zero attached hydrogens (tertiary/aromatic N) is 2. The number of hydrazone groups is 1. The maximum absolute atomic E-state index is 12.9. The zero-order valence-corrected chi connectivity index (χ0v) is 14.1. The minimum atomic E-state index is -3.70. The van der Waals surface area contributed by atoms with Crippen molar-refractivity contribution in [3.05, 3.63) is 66.4 Å². The van der Waals surface area contributed by atoms with E-state index in [4.69, 9.17) is 5.73 Å². The molecule has 122 valence electrons. The van der Waals surface area contributed by atoms with Crippen LogP contribution in [0.1, 0.15) is 5.56 Å². The van der Waals surface area contributed by atoms with Crippen molar-refractivity contribution in [1.29, 1.82) is 0 Å². The summed E-state index contributed by atoms with van der Waals surface area (Å²) in [6.45, 7) is 0. The number of nitrogens with one attached hydrogen (secondary N) is 1. The van der Waals surface area contributed by atoms with Gasteiger partial charge in [0.05, 0.1) is 16.6 Å². The maximum Gasteiger partial charge on any atom is 0.268 e. The van der Waals surface area contributed by atoms with Crippen LogP contribution in [-0.4, -0.2) is 23.7 Å². The summed E-state index contributed by atoms with van der Waals surface area (Å²) in [5, 5.41) is 4.70. The van der Waals surface area contributed by atoms with Gasteiger partial charge in [0.15, 0.2) is 5.11 Å². The lowest BCUT2D eigenvalue weighted by Gasteiger charge is -2.07. The Bertz CT molecular complexity index is 1020. The summed E-state index contributed by atoms with van der Waals surface area (Å²) < 4.78 is 27.1. The highest BCUT2D eigenvalue weighted by molar-refractivity contribution is 7.90. The third-order valence-corrected chi connectivity index (χ3v) is 5.17. The van der Waals surface area contributed by atoms with Gasteiger partial charge in [-0.15, -0.1) is 0 Å². The van der Waals surface area contributed by atoms with Crippen LogP contribution < -0.4 is 11.2 Å². The van der Waals surface area contributed by atoms with Gasteiger partial charge in [-0.1, -0.05) is 36.4 Å². The van der Waals surface area contributed by atoms with E-state index in [1.54, 1.807) is 42.5 Å². The van der Waals surface area contributed by atoms with E-state index >= 15 is 0 Å². The predicted octanol–water partition coefficient (Wildman–Crippen LogP) is 2.05. The van der Waals surface area contributed by atoms with Crippen LogP contribution in [0.4, 0.5) is 0 Å². The molecule has 0 aliphatic heterocycles. The number of aromatic nitrogens is 1. The van der Waals surface area contributed by atoms with Gasteiger partial charge in [-0.05, 0) is 30.4 Å². The summed E-state index contributed by atoms with van der Waals surface area (Å²) in [4.78, 5) is 0.218. The SMILES string of the molecule is NC(=S)N/N=C/c1cn(S(=O)(=O)c2ccccc2)c2ccccc12. The molecule has 1 heterocycles. The minimum absolute atomic E-state index is 0.0342. The molecule has 0 saturated carbocycles. The van der Waals surface area contributed by atoms with Crippen LogP contribution in [-0.2, 0) is 10.0 Å². The van der Waals surface area contributed by atoms with Crippen molar-refractivity contribution in [2.75, 3.05) is 0 Å². The quantitative estimate of drug-likeness (QED) is 0.423. The van der Waals surface area contributed by atoms with Gasteiger partial charge in [-0.25, -0.2) is 12.4 Å². The van der Waals surface area contributed by atoms with Crippen LogP contribution in [0.5, 0.6) is 0 Å². The summed E-state index contributed by atoms with van der Waals surface area (Å²) >= 11 is 4.69. The van der Waals surface area contributed by atoms with Gasteiger partial charge in [-0.2, -0.15) is 5.10 Å². The zero-order valence-electron chi connectivity index (χ0n) is 12.5. The molecule has 2 aromatic carbocycles. The van der Waals surface area contributed by atoms with Crippen molar-refractivity contribution in [2.24, 2.45) is 10.8 Å². The maximum atomic E-state index is 12.9. The van der Waals surface area contributed by atoms with Crippen LogP contribution in [0.2, 0.25) is 0 Å². The second-order valence-electron chi connectivity index (χ2n) is 4.95. The first kappa shape index (κ1) is 16.2. The van der Waals surface area contributed by atoms with E-state index in [2.05, 4.69) is 22.7 Å². The van der Waals surface area contributed by atoms with Crippen LogP contribution >= 0.6 is 12.2 Å². The first-order valence-electron chi connectivity index (χ1n) is 6.99. The number of benzene rings is 2. The Labute approximate surface area is 144 Å². The lowest BCUT2D eigenvalue weighted by molar-refractivity contribution is 0.589. The fraction of sp³-hybridized carbons (Fsp3) is 0. The fourth-order valence-corrected chi connectivity index (χ4v) is 3.80. The summed E-state index contributed by atoms with van der Waals surface area (Å²) in [5.74, 6) is 0. The first-order chi connectivity index (χ1) is 11.5. The van der Waals surface area contributed by atoms with E-state index in [0.717, 1.165) is 5.39 Å². The van der Waals surface area contributed by atoms with Crippen LogP contribution in [0.25, 0.3) is 10.9 Å². The van der Waals surface area contributed by atoms with Gasteiger partial charge in [0.25, 0.3) is 10.0 Å². The third-order valence-electron chi connectivity index (χ3n) is 3.39. The molecule has 3 aromatic rings. The molecule has 0 unspecified atom stereocenters. The largest absolute Gasteiger partial charge is 0.375 e. The Balaban J connectivity index is 2.16. The molecule has 24 heavy (non-hydrogen) atoms. The zero-order chi connectivity index (χ0) is 17.2. The standard InChI is InChI=1S/C16H14N4O2S2/c17-16(23)19-18-10-12-11-20(15-9-5-4-8-14(12)15)24(21,22)13-6-2-1-3-7-13/h1-11H,(H3,17,19,23)/b18-10+. The molecule has 0 aliphatic carbocycles. The van der Waals surface area contributed by atoms with Crippen molar-refractivity contribution >= 4 is 44.5 Å². The van der Waals surface area contributed by atoms with Crippen molar-refractivity contribution in [3.8, 4) is 0 Å². The van der Waals surface area contributed by atoms with Crippen molar-refractivity contribution in [2.45, 2.75) is 4.90 Å². The Kier molecular flexibility index (Phi) is 4.32. The van der Waals surface area contributed by atoms with Crippen LogP contribution in [0.15, 0.2) is 70.8 Å². The number of nitrogens with two attached hydrogens (primary N) is 1. The molecular formula is C16H14N4O2S2. The molecule has 3 N–H and O–H groups in total. The van der Waals surface area contributed by atoms with Gasteiger partial charge < -0.3 is 5.73 Å². The van der Waals surface area contributed by atoms with Crippen LogP contribution in [0.3, 0.4) is 0 Å². The average molecular weight is 358 g/mol. The topological polar surface area (TPSA) is 89.5 Å². The van der Waals surface area contributed by atoms with E-state index in [9.17, 15) is 8.42 Å². The second kappa shape index (κ2) is 6.42. The smallest absolute Gasteiger partial charge is 0.268 e. The number of fused-ring (bicyclic) bond motifs is 1. The number of rotatable bonds is 4. The number of hydrogen-bond donors (Lipinski definition) is 2. The number of hydrogen-bond acceptors (Lipinski definition) is 4. The summed E-state index contributed by atoms with van der Waals surface area (Å²) in [5.41, 5.74) is 8.98. The summed E-state index contributed by atoms with van der Waals surface area (Å²) in [7, 11) is -3.70. The summed E-state index contributed by atoms with van der Waals surface area (Å²) in [6.07, 6.45) is 3.01. The Hall–Kier alpha value is -2.71. The molecule has 0 bridgehead atoms. The molecule has 8 heteroatoms. The Morgan fingerprint density at radius 1 is 1.12 bits per heavy atom. The number of thiocarbonyl (C=S) groups is 1. The van der Waals surface area contributed by atoms with Gasteiger partial charge >= 0.3 is 0 Å². The summed E-state index contributed by atoms with van der Waals surface area (Å²) in [6, 6.07) is 15.5. The molecule has 3 rings (SSSR count). The molecule has 0 atom stereocenters. The first-order valence-corrected chi connectivity index (χ1v) is 8.84. The van der Waals surface area contributed by atoms with E-state index in [1.807, 2.05) is 12.1 Å². The van der Waals surface area contributed by atoms with Crippen molar-refractivity contribution in [1.82, 2.24) is 9.40 Å². The van der Waals surface area contributed by atoms with Crippen LogP contribution in [0, 0.1) is 0 Å². The normalized spacial score (nSPS) is 11.8. The highest BCUT2D eigenvalue weighted by atomic mass is 32.2. The lowest BCUT2D eigenvalue weighted by Crippen LogP contribution is -2.23. The molecule has 0 spiro atoms. The highest BCUT2D eigenvalue weighted by Gasteiger charge is 2.20. The van der Waals surface area contributed by atoms with Gasteiger partial charge in [-0.3, -0.25) is 5.43 Å². The van der Waals surface area contributed by atoms with Gasteiger partial charge in [0, 0.05) is 17.1 Å². The molecule has 6 nitrogen and oxygen atoms in total. The highest BCUT2D eigenvalue weighted by Crippen LogP contribution is 2.24. The van der Waals surface area contributed by atoms with Gasteiger partial charge in [0.1, 0.15) is 0 Å². The van der Waals surface area contributed by atoms with E-state index in [1.165, 1.54) is 16.4 Å². The molecular weight excluding hydrogens is 344 g/mol. The number of para-hydroxylation sites is 1. The lowest BCUT2D eigenvalue weighted by atomic mass is 10.2. The molecule has 0 radical (unpaired) electrons. The molecule has 0 amide bonds. The molecule has 0 fully saturated rings. The van der Waals surface area contributed by atoms with E-state index in [0.29, 0.717) is 11.1 Å². The van der Waals surface area contributed by atoms with Crippen molar-refractivity contribution in [3.63, 3.8) is 0 Å². The third kappa shape index (κ3) is 3.01. The molecule has 0 aliphatic rings.